The number of nitrogens with one attached hydrogen (secondary N) is 2. The van der Waals surface area contributed by atoms with E-state index in [9.17, 15) is 4.79 Å². The molecule has 0 aliphatic heterocycles. The predicted molar refractivity (Wildman–Crippen MR) is 67.1 cm³/mol. The molecule has 0 fully saturated rings. The smallest absolute Gasteiger partial charge is 0.252 e. The SMILES string of the molecule is CNC(C)CNC(=O)c1cccc2occc12. The van der Waals surface area contributed by atoms with Gasteiger partial charge in [0, 0.05) is 18.0 Å². The molecule has 0 saturated heterocycles. The molecular weight excluding hydrogens is 216 g/mol. The van der Waals surface area contributed by atoms with Crippen molar-refractivity contribution < 1.29 is 9.21 Å². The van der Waals surface area contributed by atoms with Gasteiger partial charge in [-0.05, 0) is 32.2 Å². The van der Waals surface area contributed by atoms with Gasteiger partial charge >= 0.3 is 0 Å². The molecule has 1 aromatic heterocycles. The number of hydrogen-bond donors (Lipinski definition) is 2. The van der Waals surface area contributed by atoms with Gasteiger partial charge in [-0.3, -0.25) is 4.79 Å². The van der Waals surface area contributed by atoms with Crippen molar-refractivity contribution in [1.82, 2.24) is 10.6 Å². The monoisotopic (exact) mass is 232 g/mol. The van der Waals surface area contributed by atoms with Crippen LogP contribution in [0, 0.1) is 0 Å². The lowest BCUT2D eigenvalue weighted by Crippen LogP contribution is -2.37. The van der Waals surface area contributed by atoms with Crippen LogP contribution in [0.1, 0.15) is 17.3 Å². The van der Waals surface area contributed by atoms with E-state index in [0.717, 1.165) is 11.0 Å². The highest BCUT2D eigenvalue weighted by Gasteiger charge is 2.11. The average Bonchev–Trinajstić information content (AvgIpc) is 2.83. The number of furan rings is 1. The van der Waals surface area contributed by atoms with Crippen molar-refractivity contribution in [1.29, 1.82) is 0 Å². The van der Waals surface area contributed by atoms with Gasteiger partial charge in [-0.15, -0.1) is 0 Å². The van der Waals surface area contributed by atoms with Crippen LogP contribution >= 0.6 is 0 Å². The maximum atomic E-state index is 12.0. The Kier molecular flexibility index (Phi) is 3.44. The van der Waals surface area contributed by atoms with Gasteiger partial charge < -0.3 is 15.1 Å². The summed E-state index contributed by atoms with van der Waals surface area (Å²) in [6.45, 7) is 2.61. The molecule has 1 heterocycles. The lowest BCUT2D eigenvalue weighted by atomic mass is 10.1. The Morgan fingerprint density at radius 1 is 1.41 bits per heavy atom. The average molecular weight is 232 g/mol. The third kappa shape index (κ3) is 2.47. The van der Waals surface area contributed by atoms with Crippen molar-refractivity contribution in [3.8, 4) is 0 Å². The van der Waals surface area contributed by atoms with Crippen LogP contribution in [0.15, 0.2) is 34.9 Å². The Balaban J connectivity index is 2.16. The highest BCUT2D eigenvalue weighted by Crippen LogP contribution is 2.19. The molecule has 2 N–H and O–H groups in total. The minimum atomic E-state index is -0.0703. The standard InChI is InChI=1S/C13H16N2O2/c1-9(14-2)8-15-13(16)11-4-3-5-12-10(11)6-7-17-12/h3-7,9,14H,8H2,1-2H3,(H,15,16). The van der Waals surface area contributed by atoms with Crippen LogP contribution in [0.4, 0.5) is 0 Å². The van der Waals surface area contributed by atoms with Crippen LogP contribution in [0.2, 0.25) is 0 Å². The van der Waals surface area contributed by atoms with E-state index in [2.05, 4.69) is 10.6 Å². The quantitative estimate of drug-likeness (QED) is 0.844. The summed E-state index contributed by atoms with van der Waals surface area (Å²) in [5.74, 6) is -0.0703. The second-order valence-electron chi connectivity index (χ2n) is 4.04. The fraction of sp³-hybridized carbons (Fsp3) is 0.308. The number of likely N-dealkylation sites (N-methyl/N-ethyl adjacent to an activating group) is 1. The van der Waals surface area contributed by atoms with Gasteiger partial charge in [0.25, 0.3) is 5.91 Å². The number of carbonyl (C=O) groups excluding carboxylic acids is 1. The van der Waals surface area contributed by atoms with Crippen LogP contribution in [-0.2, 0) is 0 Å². The number of amides is 1. The lowest BCUT2D eigenvalue weighted by molar-refractivity contribution is 0.0952. The Hall–Kier alpha value is -1.81. The molecule has 1 unspecified atom stereocenters. The summed E-state index contributed by atoms with van der Waals surface area (Å²) in [6.07, 6.45) is 1.59. The van der Waals surface area contributed by atoms with Crippen LogP contribution in [0.5, 0.6) is 0 Å². The lowest BCUT2D eigenvalue weighted by Gasteiger charge is -2.11. The summed E-state index contributed by atoms with van der Waals surface area (Å²) >= 11 is 0. The zero-order chi connectivity index (χ0) is 12.3. The van der Waals surface area contributed by atoms with Crippen LogP contribution in [0.25, 0.3) is 11.0 Å². The van der Waals surface area contributed by atoms with Gasteiger partial charge in [0.1, 0.15) is 5.58 Å². The van der Waals surface area contributed by atoms with E-state index in [4.69, 9.17) is 4.42 Å². The van der Waals surface area contributed by atoms with E-state index in [1.54, 1.807) is 12.3 Å². The minimum Gasteiger partial charge on any atom is -0.464 e. The summed E-state index contributed by atoms with van der Waals surface area (Å²) in [5, 5.41) is 6.81. The summed E-state index contributed by atoms with van der Waals surface area (Å²) < 4.78 is 5.26. The number of benzene rings is 1. The minimum absolute atomic E-state index is 0.0703. The molecule has 1 amide bonds. The molecule has 2 aromatic rings. The Labute approximate surface area is 100.0 Å². The molecule has 0 saturated carbocycles. The van der Waals surface area contributed by atoms with Crippen molar-refractivity contribution >= 4 is 16.9 Å². The molecule has 4 heteroatoms. The molecule has 90 valence electrons. The van der Waals surface area contributed by atoms with E-state index >= 15 is 0 Å². The van der Waals surface area contributed by atoms with E-state index in [-0.39, 0.29) is 11.9 Å². The summed E-state index contributed by atoms with van der Waals surface area (Å²) in [6, 6.07) is 7.54. The Morgan fingerprint density at radius 2 is 2.24 bits per heavy atom. The largest absolute Gasteiger partial charge is 0.464 e. The molecule has 0 aliphatic rings. The van der Waals surface area contributed by atoms with Crippen LogP contribution in [-0.4, -0.2) is 25.5 Å². The van der Waals surface area contributed by atoms with Crippen LogP contribution < -0.4 is 10.6 Å². The molecule has 4 nitrogen and oxygen atoms in total. The first-order valence-electron chi connectivity index (χ1n) is 5.64. The van der Waals surface area contributed by atoms with Crippen molar-refractivity contribution in [3.05, 3.63) is 36.1 Å². The van der Waals surface area contributed by atoms with Crippen molar-refractivity contribution in [2.24, 2.45) is 0 Å². The fourth-order valence-electron chi connectivity index (χ4n) is 1.64. The van der Waals surface area contributed by atoms with Gasteiger partial charge in [0.2, 0.25) is 0 Å². The topological polar surface area (TPSA) is 54.3 Å². The molecule has 1 aromatic carbocycles. The van der Waals surface area contributed by atoms with E-state index in [1.165, 1.54) is 0 Å². The predicted octanol–water partition coefficient (Wildman–Crippen LogP) is 1.77. The van der Waals surface area contributed by atoms with E-state index < -0.39 is 0 Å². The molecule has 0 spiro atoms. The molecule has 17 heavy (non-hydrogen) atoms. The first kappa shape index (κ1) is 11.7. The van der Waals surface area contributed by atoms with E-state index in [1.807, 2.05) is 32.2 Å². The summed E-state index contributed by atoms with van der Waals surface area (Å²) in [7, 11) is 1.87. The third-order valence-electron chi connectivity index (χ3n) is 2.80. The summed E-state index contributed by atoms with van der Waals surface area (Å²) in [5.41, 5.74) is 1.39. The Morgan fingerprint density at radius 3 is 3.00 bits per heavy atom. The normalized spacial score (nSPS) is 12.6. The van der Waals surface area contributed by atoms with Gasteiger partial charge in [-0.25, -0.2) is 0 Å². The van der Waals surface area contributed by atoms with Gasteiger partial charge in [-0.1, -0.05) is 6.07 Å². The highest BCUT2D eigenvalue weighted by atomic mass is 16.3. The first-order chi connectivity index (χ1) is 8.22. The zero-order valence-corrected chi connectivity index (χ0v) is 9.99. The van der Waals surface area contributed by atoms with Crippen molar-refractivity contribution in [3.63, 3.8) is 0 Å². The van der Waals surface area contributed by atoms with Gasteiger partial charge in [0.05, 0.1) is 11.8 Å². The maximum absolute atomic E-state index is 12.0. The summed E-state index contributed by atoms with van der Waals surface area (Å²) in [4.78, 5) is 12.0. The van der Waals surface area contributed by atoms with E-state index in [0.29, 0.717) is 12.1 Å². The maximum Gasteiger partial charge on any atom is 0.252 e. The number of hydrogen-bond acceptors (Lipinski definition) is 3. The second kappa shape index (κ2) is 5.01. The first-order valence-corrected chi connectivity index (χ1v) is 5.64. The number of carbonyl (C=O) groups is 1. The van der Waals surface area contributed by atoms with Crippen molar-refractivity contribution in [2.45, 2.75) is 13.0 Å². The van der Waals surface area contributed by atoms with Gasteiger partial charge in [0.15, 0.2) is 0 Å². The zero-order valence-electron chi connectivity index (χ0n) is 9.99. The van der Waals surface area contributed by atoms with Crippen LogP contribution in [0.3, 0.4) is 0 Å². The number of fused-ring (bicyclic) bond motifs is 1. The molecular formula is C13H16N2O2. The fourth-order valence-corrected chi connectivity index (χ4v) is 1.64. The van der Waals surface area contributed by atoms with Gasteiger partial charge in [-0.2, -0.15) is 0 Å². The molecule has 2 rings (SSSR count). The third-order valence-corrected chi connectivity index (χ3v) is 2.80. The van der Waals surface area contributed by atoms with Crippen molar-refractivity contribution in [2.75, 3.05) is 13.6 Å². The Bertz CT molecular complexity index is 519. The molecule has 0 radical (unpaired) electrons. The molecule has 0 bridgehead atoms. The highest BCUT2D eigenvalue weighted by molar-refractivity contribution is 6.05. The molecule has 0 aliphatic carbocycles. The number of rotatable bonds is 4. The second-order valence-corrected chi connectivity index (χ2v) is 4.04. The molecule has 1 atom stereocenters.